The normalized spacial score (nSPS) is 17.7. The van der Waals surface area contributed by atoms with Crippen LogP contribution in [0.1, 0.15) is 35.8 Å². The number of carbonyl (C=O) groups is 1. The van der Waals surface area contributed by atoms with Crippen molar-refractivity contribution < 1.29 is 22.7 Å². The summed E-state index contributed by atoms with van der Waals surface area (Å²) in [4.78, 5) is 31.4. The van der Waals surface area contributed by atoms with E-state index in [4.69, 9.17) is 14.5 Å². The highest BCUT2D eigenvalue weighted by Crippen LogP contribution is 2.33. The van der Waals surface area contributed by atoms with Crippen molar-refractivity contribution >= 4 is 46.4 Å². The van der Waals surface area contributed by atoms with Gasteiger partial charge in [0.05, 0.1) is 29.5 Å². The van der Waals surface area contributed by atoms with E-state index < -0.39 is 23.2 Å². The van der Waals surface area contributed by atoms with E-state index >= 15 is 0 Å². The molecule has 272 valence electrons. The van der Waals surface area contributed by atoms with Crippen molar-refractivity contribution in [2.24, 2.45) is 0 Å². The van der Waals surface area contributed by atoms with Gasteiger partial charge in [-0.3, -0.25) is 14.7 Å². The molecule has 0 spiro atoms. The van der Waals surface area contributed by atoms with Crippen LogP contribution < -0.4 is 10.2 Å². The fourth-order valence-corrected chi connectivity index (χ4v) is 8.85. The molecular weight excluding hydrogens is 683 g/mol. The van der Waals surface area contributed by atoms with Crippen LogP contribution in [0.25, 0.3) is 22.3 Å². The van der Waals surface area contributed by atoms with Gasteiger partial charge in [-0.15, -0.1) is 0 Å². The highest BCUT2D eigenvalue weighted by atomic mass is 32.2. The van der Waals surface area contributed by atoms with Crippen molar-refractivity contribution in [1.29, 1.82) is 0 Å². The number of ether oxygens (including phenoxy) is 2. The maximum Gasteiger partial charge on any atom is 0.274 e. The van der Waals surface area contributed by atoms with E-state index in [0.29, 0.717) is 57.4 Å². The van der Waals surface area contributed by atoms with Crippen molar-refractivity contribution in [3.05, 3.63) is 77.7 Å². The number of benzene rings is 1. The summed E-state index contributed by atoms with van der Waals surface area (Å²) >= 11 is 0. The maximum absolute atomic E-state index is 13.3. The number of hydrogen-bond acceptors (Lipinski definition) is 10. The van der Waals surface area contributed by atoms with E-state index in [1.165, 1.54) is 5.41 Å². The van der Waals surface area contributed by atoms with Crippen LogP contribution in [0.5, 0.6) is 0 Å². The van der Waals surface area contributed by atoms with Crippen LogP contribution in [0.15, 0.2) is 66.5 Å². The number of allylic oxidation sites excluding steroid dienone is 1. The molecule has 0 saturated carbocycles. The van der Waals surface area contributed by atoms with Gasteiger partial charge >= 0.3 is 0 Å². The molecule has 2 aliphatic heterocycles. The summed E-state index contributed by atoms with van der Waals surface area (Å²) in [6.07, 6.45) is 6.30. The van der Waals surface area contributed by atoms with Crippen molar-refractivity contribution in [3.8, 4) is 11.3 Å². The van der Waals surface area contributed by atoms with Gasteiger partial charge in [-0.05, 0) is 73.8 Å². The minimum Gasteiger partial charge on any atom is -0.378 e. The second kappa shape index (κ2) is 16.2. The highest BCUT2D eigenvalue weighted by Gasteiger charge is 2.29. The summed E-state index contributed by atoms with van der Waals surface area (Å²) in [5.74, 6) is 0.579. The number of nitrogens with one attached hydrogen (secondary N) is 1. The molecule has 0 aliphatic carbocycles. The highest BCUT2D eigenvalue weighted by molar-refractivity contribution is 7.94. The average Bonchev–Trinajstić information content (AvgIpc) is 3.49. The topological polar surface area (TPSA) is 132 Å². The zero-order valence-electron chi connectivity index (χ0n) is 30.0. The average molecular weight is 732 g/mol. The van der Waals surface area contributed by atoms with Gasteiger partial charge in [-0.25, -0.2) is 18.4 Å². The van der Waals surface area contributed by atoms with Crippen LogP contribution in [-0.4, -0.2) is 98.1 Å². The molecule has 6 rings (SSSR count). The van der Waals surface area contributed by atoms with Crippen molar-refractivity contribution in [1.82, 2.24) is 24.4 Å². The summed E-state index contributed by atoms with van der Waals surface area (Å²) < 4.78 is 39.2. The smallest absolute Gasteiger partial charge is 0.274 e. The summed E-state index contributed by atoms with van der Waals surface area (Å²) in [6.45, 7) is 14.5. The first kappa shape index (κ1) is 36.8. The summed E-state index contributed by atoms with van der Waals surface area (Å²) in [6, 6.07) is 14.6. The summed E-state index contributed by atoms with van der Waals surface area (Å²) in [5, 5.41) is 4.84. The Hall–Kier alpha value is -3.95. The molecule has 2 fully saturated rings. The van der Waals surface area contributed by atoms with Gasteiger partial charge in [0, 0.05) is 58.2 Å². The molecule has 2 saturated heterocycles. The van der Waals surface area contributed by atoms with Crippen molar-refractivity contribution in [2.75, 3.05) is 56.2 Å². The molecular formula is C37H49N7O5SSi. The Labute approximate surface area is 301 Å². The Morgan fingerprint density at radius 2 is 1.84 bits per heavy atom. The van der Waals surface area contributed by atoms with Gasteiger partial charge in [0.15, 0.2) is 9.84 Å². The molecule has 0 bridgehead atoms. The van der Waals surface area contributed by atoms with Crippen LogP contribution >= 0.6 is 0 Å². The number of likely N-dealkylation sites (tertiary alicyclic amines) is 1. The molecule has 51 heavy (non-hydrogen) atoms. The molecule has 0 radical (unpaired) electrons. The van der Waals surface area contributed by atoms with Crippen LogP contribution in [-0.2, 0) is 32.6 Å². The molecule has 1 unspecified atom stereocenters. The quantitative estimate of drug-likeness (QED) is 0.133. The van der Waals surface area contributed by atoms with E-state index in [1.807, 2.05) is 30.3 Å². The van der Waals surface area contributed by atoms with Crippen molar-refractivity contribution in [2.45, 2.75) is 64.0 Å². The lowest BCUT2D eigenvalue weighted by Gasteiger charge is -2.31. The molecule has 1 atom stereocenters. The number of nitrogens with zero attached hydrogens (tertiary/aromatic N) is 6. The lowest BCUT2D eigenvalue weighted by molar-refractivity contribution is 0.0909. The van der Waals surface area contributed by atoms with Gasteiger partial charge in [0.1, 0.15) is 30.2 Å². The lowest BCUT2D eigenvalue weighted by atomic mass is 10.1. The molecule has 3 aromatic heterocycles. The first-order valence-electron chi connectivity index (χ1n) is 17.7. The van der Waals surface area contributed by atoms with Gasteiger partial charge in [0.2, 0.25) is 0 Å². The first-order valence-corrected chi connectivity index (χ1v) is 23.0. The minimum absolute atomic E-state index is 0.302. The van der Waals surface area contributed by atoms with Crippen LogP contribution in [0, 0.1) is 0 Å². The van der Waals surface area contributed by atoms with E-state index in [0.717, 1.165) is 65.8 Å². The first-order chi connectivity index (χ1) is 24.5. The van der Waals surface area contributed by atoms with Crippen LogP contribution in [0.2, 0.25) is 25.7 Å². The molecule has 12 nitrogen and oxygen atoms in total. The van der Waals surface area contributed by atoms with Gasteiger partial charge in [-0.2, -0.15) is 0 Å². The number of pyridine rings is 1. The number of piperidine rings is 1. The molecule has 1 aromatic carbocycles. The second-order valence-electron chi connectivity index (χ2n) is 14.5. The van der Waals surface area contributed by atoms with Crippen LogP contribution in [0.3, 0.4) is 0 Å². The van der Waals surface area contributed by atoms with E-state index in [-0.39, 0.29) is 5.91 Å². The molecule has 5 heterocycles. The fourth-order valence-electron chi connectivity index (χ4n) is 6.58. The number of anilines is 2. The Morgan fingerprint density at radius 3 is 2.59 bits per heavy atom. The third-order valence-corrected chi connectivity index (χ3v) is 13.0. The number of carbonyl (C=O) groups excluding carboxylic acids is 1. The Morgan fingerprint density at radius 1 is 1.06 bits per heavy atom. The predicted molar refractivity (Wildman–Crippen MR) is 204 cm³/mol. The number of rotatable bonds is 13. The number of sulfone groups is 1. The standard InChI is InChI=1S/C37H49N7O5SSi/c1-5-20-50(46,47)31-7-6-14-42(25-31)24-28-12-13-38-33(22-28)37(45)41-30-10-8-29(9-11-30)34-23-32-35(43-15-17-48-18-16-43)39-26-40-36(32)44(34)27-49-19-21-51(2,3)4/h5,8-13,20,22-23,26,31H,6-7,14-19,21,24-25,27H2,1-4H3,(H,41,45)/b20-5+. The lowest BCUT2D eigenvalue weighted by Crippen LogP contribution is -2.41. The molecule has 2 aliphatic rings. The number of aromatic nitrogens is 4. The monoisotopic (exact) mass is 731 g/mol. The van der Waals surface area contributed by atoms with E-state index in [9.17, 15) is 13.2 Å². The van der Waals surface area contributed by atoms with Crippen molar-refractivity contribution in [3.63, 3.8) is 0 Å². The molecule has 4 aromatic rings. The molecule has 1 amide bonds. The zero-order valence-corrected chi connectivity index (χ0v) is 31.9. The fraction of sp³-hybridized carbons (Fsp3) is 0.459. The largest absolute Gasteiger partial charge is 0.378 e. The third-order valence-electron chi connectivity index (χ3n) is 9.35. The zero-order chi connectivity index (χ0) is 36.0. The van der Waals surface area contributed by atoms with Gasteiger partial charge in [-0.1, -0.05) is 37.8 Å². The Balaban J connectivity index is 1.17. The number of amides is 1. The second-order valence-corrected chi connectivity index (χ2v) is 22.2. The molecule has 14 heteroatoms. The predicted octanol–water partition coefficient (Wildman–Crippen LogP) is 5.81. The number of morpholine rings is 1. The van der Waals surface area contributed by atoms with Gasteiger partial charge < -0.3 is 24.3 Å². The van der Waals surface area contributed by atoms with E-state index in [1.54, 1.807) is 31.6 Å². The number of fused-ring (bicyclic) bond motifs is 1. The summed E-state index contributed by atoms with van der Waals surface area (Å²) in [5.41, 5.74) is 4.59. The minimum atomic E-state index is -3.28. The Kier molecular flexibility index (Phi) is 11.7. The van der Waals surface area contributed by atoms with Gasteiger partial charge in [0.25, 0.3) is 5.91 Å². The third kappa shape index (κ3) is 9.29. The summed E-state index contributed by atoms with van der Waals surface area (Å²) in [7, 11) is -4.53. The maximum atomic E-state index is 13.3. The Bertz CT molecular complexity index is 1950. The number of hydrogen-bond donors (Lipinski definition) is 1. The SMILES string of the molecule is C/C=C/S(=O)(=O)C1CCCN(Cc2ccnc(C(=O)Nc3ccc(-c4cc5c(N6CCOCC6)ncnc5n4COCC[Si](C)(C)C)cc3)c2)C1. The van der Waals surface area contributed by atoms with E-state index in [2.05, 4.69) is 55.4 Å². The van der Waals surface area contributed by atoms with Crippen LogP contribution in [0.4, 0.5) is 11.5 Å². The molecule has 1 N–H and O–H groups in total.